The standard InChI is InChI=1S/C15H14FNO2S/c1-17(2)14-8-6-11(20-14)5-3-10-4-7-12(15(18)19)13(16)9-10/h3-9H,1-2H3,(H,18,19)/b5-3+. The number of halogens is 1. The molecule has 0 amide bonds. The molecule has 20 heavy (non-hydrogen) atoms. The number of anilines is 1. The van der Waals surface area contributed by atoms with Crippen molar-refractivity contribution in [3.63, 3.8) is 0 Å². The zero-order valence-corrected chi connectivity index (χ0v) is 11.9. The molecule has 0 bridgehead atoms. The summed E-state index contributed by atoms with van der Waals surface area (Å²) < 4.78 is 13.5. The van der Waals surface area contributed by atoms with Crippen LogP contribution in [0.1, 0.15) is 20.8 Å². The lowest BCUT2D eigenvalue weighted by molar-refractivity contribution is 0.0692. The van der Waals surface area contributed by atoms with Gasteiger partial charge in [0.25, 0.3) is 0 Å². The van der Waals surface area contributed by atoms with Crippen molar-refractivity contribution in [2.45, 2.75) is 0 Å². The van der Waals surface area contributed by atoms with Gasteiger partial charge >= 0.3 is 5.97 Å². The Labute approximate surface area is 120 Å². The van der Waals surface area contributed by atoms with E-state index >= 15 is 0 Å². The Hall–Kier alpha value is -2.14. The Morgan fingerprint density at radius 1 is 1.25 bits per heavy atom. The number of benzene rings is 1. The Bertz CT molecular complexity index is 662. The minimum Gasteiger partial charge on any atom is -0.478 e. The molecule has 2 rings (SSSR count). The second-order valence-corrected chi connectivity index (χ2v) is 5.54. The third-order valence-corrected chi connectivity index (χ3v) is 3.94. The minimum absolute atomic E-state index is 0.312. The van der Waals surface area contributed by atoms with Gasteiger partial charge < -0.3 is 10.0 Å². The molecule has 0 radical (unpaired) electrons. The lowest BCUT2D eigenvalue weighted by Crippen LogP contribution is -2.05. The smallest absolute Gasteiger partial charge is 0.338 e. The van der Waals surface area contributed by atoms with E-state index in [1.165, 1.54) is 12.1 Å². The summed E-state index contributed by atoms with van der Waals surface area (Å²) in [5.41, 5.74) is 0.320. The van der Waals surface area contributed by atoms with Crippen LogP contribution >= 0.6 is 11.3 Å². The van der Waals surface area contributed by atoms with Gasteiger partial charge in [0.05, 0.1) is 10.6 Å². The molecule has 1 heterocycles. The fraction of sp³-hybridized carbons (Fsp3) is 0.133. The molecule has 0 aliphatic rings. The van der Waals surface area contributed by atoms with E-state index in [0.29, 0.717) is 5.56 Å². The lowest BCUT2D eigenvalue weighted by Gasteiger charge is -2.06. The third-order valence-electron chi connectivity index (χ3n) is 2.72. The van der Waals surface area contributed by atoms with Gasteiger partial charge in [-0.3, -0.25) is 0 Å². The summed E-state index contributed by atoms with van der Waals surface area (Å²) >= 11 is 1.62. The number of carboxylic acid groups (broad SMARTS) is 1. The molecule has 0 unspecified atom stereocenters. The van der Waals surface area contributed by atoms with E-state index in [2.05, 4.69) is 0 Å². The van der Waals surface area contributed by atoms with Crippen molar-refractivity contribution < 1.29 is 14.3 Å². The molecule has 104 valence electrons. The Kier molecular flexibility index (Phi) is 4.20. The van der Waals surface area contributed by atoms with Gasteiger partial charge in [0.1, 0.15) is 5.82 Å². The number of carbonyl (C=O) groups is 1. The van der Waals surface area contributed by atoms with Crippen molar-refractivity contribution in [1.82, 2.24) is 0 Å². The van der Waals surface area contributed by atoms with Crippen LogP contribution in [0.25, 0.3) is 12.2 Å². The summed E-state index contributed by atoms with van der Waals surface area (Å²) in [5, 5.41) is 9.89. The van der Waals surface area contributed by atoms with Crippen LogP contribution in [-0.4, -0.2) is 25.2 Å². The molecule has 0 saturated carbocycles. The molecule has 2 aromatic rings. The zero-order chi connectivity index (χ0) is 14.7. The average molecular weight is 291 g/mol. The van der Waals surface area contributed by atoms with Crippen molar-refractivity contribution in [2.24, 2.45) is 0 Å². The maximum Gasteiger partial charge on any atom is 0.338 e. The highest BCUT2D eigenvalue weighted by molar-refractivity contribution is 7.16. The number of carboxylic acids is 1. The second kappa shape index (κ2) is 5.88. The van der Waals surface area contributed by atoms with Gasteiger partial charge in [-0.15, -0.1) is 11.3 Å². The third kappa shape index (κ3) is 3.24. The van der Waals surface area contributed by atoms with Crippen LogP contribution in [-0.2, 0) is 0 Å². The molecule has 0 fully saturated rings. The number of rotatable bonds is 4. The highest BCUT2D eigenvalue weighted by Gasteiger charge is 2.09. The van der Waals surface area contributed by atoms with Crippen molar-refractivity contribution >= 4 is 34.5 Å². The van der Waals surface area contributed by atoms with Crippen molar-refractivity contribution in [3.8, 4) is 0 Å². The largest absolute Gasteiger partial charge is 0.478 e. The summed E-state index contributed by atoms with van der Waals surface area (Å²) in [7, 11) is 3.94. The van der Waals surface area contributed by atoms with Crippen molar-refractivity contribution in [3.05, 3.63) is 52.2 Å². The van der Waals surface area contributed by atoms with Gasteiger partial charge in [0, 0.05) is 19.0 Å². The predicted octanol–water partition coefficient (Wildman–Crippen LogP) is 3.82. The van der Waals surface area contributed by atoms with Gasteiger partial charge in [-0.05, 0) is 35.9 Å². The molecule has 1 aromatic heterocycles. The minimum atomic E-state index is -1.26. The Morgan fingerprint density at radius 2 is 2.00 bits per heavy atom. The molecule has 0 aliphatic heterocycles. The summed E-state index contributed by atoms with van der Waals surface area (Å²) in [6, 6.07) is 8.08. The lowest BCUT2D eigenvalue weighted by atomic mass is 10.1. The Morgan fingerprint density at radius 3 is 2.55 bits per heavy atom. The van der Waals surface area contributed by atoms with Crippen LogP contribution < -0.4 is 4.90 Å². The summed E-state index contributed by atoms with van der Waals surface area (Å²) in [6.07, 6.45) is 3.65. The van der Waals surface area contributed by atoms with E-state index in [4.69, 9.17) is 5.11 Å². The molecular formula is C15H14FNO2S. The summed E-state index contributed by atoms with van der Waals surface area (Å²) in [6.45, 7) is 0. The molecule has 0 aliphatic carbocycles. The average Bonchev–Trinajstić information content (AvgIpc) is 2.85. The topological polar surface area (TPSA) is 40.5 Å². The van der Waals surface area contributed by atoms with Crippen LogP contribution in [0.4, 0.5) is 9.39 Å². The maximum atomic E-state index is 13.5. The van der Waals surface area contributed by atoms with Crippen LogP contribution in [0, 0.1) is 5.82 Å². The monoisotopic (exact) mass is 291 g/mol. The van der Waals surface area contributed by atoms with Crippen LogP contribution in [0.3, 0.4) is 0 Å². The highest BCUT2D eigenvalue weighted by Crippen LogP contribution is 2.25. The normalized spacial score (nSPS) is 10.9. The van der Waals surface area contributed by atoms with Crippen molar-refractivity contribution in [1.29, 1.82) is 0 Å². The maximum absolute atomic E-state index is 13.5. The number of hydrogen-bond donors (Lipinski definition) is 1. The van der Waals surface area contributed by atoms with Gasteiger partial charge in [0.2, 0.25) is 0 Å². The first-order chi connectivity index (χ1) is 9.47. The summed E-state index contributed by atoms with van der Waals surface area (Å²) in [4.78, 5) is 13.8. The molecule has 3 nitrogen and oxygen atoms in total. The first kappa shape index (κ1) is 14.3. The fourth-order valence-corrected chi connectivity index (χ4v) is 2.49. The SMILES string of the molecule is CN(C)c1ccc(/C=C/c2ccc(C(=O)O)c(F)c2)s1. The molecule has 1 aromatic carbocycles. The molecular weight excluding hydrogens is 277 g/mol. The summed E-state index contributed by atoms with van der Waals surface area (Å²) in [5.74, 6) is -1.98. The van der Waals surface area contributed by atoms with Crippen LogP contribution in [0.5, 0.6) is 0 Å². The number of aromatic carboxylic acids is 1. The molecule has 0 spiro atoms. The zero-order valence-electron chi connectivity index (χ0n) is 11.1. The quantitative estimate of drug-likeness (QED) is 0.931. The van der Waals surface area contributed by atoms with E-state index in [1.807, 2.05) is 37.2 Å². The number of thiophene rings is 1. The van der Waals surface area contributed by atoms with E-state index in [9.17, 15) is 9.18 Å². The van der Waals surface area contributed by atoms with E-state index < -0.39 is 11.8 Å². The number of nitrogens with zero attached hydrogens (tertiary/aromatic N) is 1. The first-order valence-corrected chi connectivity index (χ1v) is 6.77. The van der Waals surface area contributed by atoms with Gasteiger partial charge in [-0.1, -0.05) is 12.1 Å². The van der Waals surface area contributed by atoms with E-state index in [1.54, 1.807) is 23.5 Å². The molecule has 0 saturated heterocycles. The molecule has 1 N–H and O–H groups in total. The first-order valence-electron chi connectivity index (χ1n) is 5.95. The van der Waals surface area contributed by atoms with Gasteiger partial charge in [0.15, 0.2) is 0 Å². The fourth-order valence-electron chi connectivity index (χ4n) is 1.66. The molecule has 0 atom stereocenters. The number of hydrogen-bond acceptors (Lipinski definition) is 3. The van der Waals surface area contributed by atoms with Crippen LogP contribution in [0.2, 0.25) is 0 Å². The van der Waals surface area contributed by atoms with E-state index in [0.717, 1.165) is 9.88 Å². The molecule has 5 heteroatoms. The Balaban J connectivity index is 2.18. The van der Waals surface area contributed by atoms with Crippen molar-refractivity contribution in [2.75, 3.05) is 19.0 Å². The second-order valence-electron chi connectivity index (χ2n) is 4.45. The highest BCUT2D eigenvalue weighted by atomic mass is 32.1. The van der Waals surface area contributed by atoms with E-state index in [-0.39, 0.29) is 5.56 Å². The van der Waals surface area contributed by atoms with Gasteiger partial charge in [-0.25, -0.2) is 9.18 Å². The predicted molar refractivity (Wildman–Crippen MR) is 80.9 cm³/mol. The van der Waals surface area contributed by atoms with Gasteiger partial charge in [-0.2, -0.15) is 0 Å². The van der Waals surface area contributed by atoms with Crippen LogP contribution in [0.15, 0.2) is 30.3 Å².